The SMILES string of the molecule is CCc1nc2cccc(Cl)c2c(=O)n1N1CCNC2(CC2)C1. The quantitative estimate of drug-likeness (QED) is 0.915. The third kappa shape index (κ3) is 2.11. The van der Waals surface area contributed by atoms with E-state index in [1.165, 1.54) is 12.8 Å². The lowest BCUT2D eigenvalue weighted by atomic mass is 10.2. The van der Waals surface area contributed by atoms with Gasteiger partial charge in [0.05, 0.1) is 22.5 Å². The van der Waals surface area contributed by atoms with E-state index in [4.69, 9.17) is 11.6 Å². The second-order valence-electron chi connectivity index (χ2n) is 6.23. The Labute approximate surface area is 133 Å². The van der Waals surface area contributed by atoms with Gasteiger partial charge in [0.2, 0.25) is 0 Å². The van der Waals surface area contributed by atoms with E-state index in [2.05, 4.69) is 15.3 Å². The van der Waals surface area contributed by atoms with E-state index < -0.39 is 0 Å². The molecule has 1 spiro atoms. The fourth-order valence-electron chi connectivity index (χ4n) is 3.34. The van der Waals surface area contributed by atoms with Crippen LogP contribution in [0.2, 0.25) is 5.02 Å². The summed E-state index contributed by atoms with van der Waals surface area (Å²) in [5.41, 5.74) is 0.838. The third-order valence-electron chi connectivity index (χ3n) is 4.70. The average molecular weight is 319 g/mol. The number of aryl methyl sites for hydroxylation is 1. The van der Waals surface area contributed by atoms with E-state index in [-0.39, 0.29) is 11.1 Å². The zero-order valence-corrected chi connectivity index (χ0v) is 13.4. The van der Waals surface area contributed by atoms with Gasteiger partial charge in [0.25, 0.3) is 5.56 Å². The fraction of sp³-hybridized carbons (Fsp3) is 0.500. The van der Waals surface area contributed by atoms with Gasteiger partial charge in [-0.15, -0.1) is 0 Å². The van der Waals surface area contributed by atoms with E-state index in [0.717, 1.165) is 25.5 Å². The molecule has 0 amide bonds. The molecule has 0 unspecified atom stereocenters. The summed E-state index contributed by atoms with van der Waals surface area (Å²) >= 11 is 6.25. The van der Waals surface area contributed by atoms with E-state index in [1.807, 2.05) is 19.1 Å². The molecule has 2 aliphatic rings. The van der Waals surface area contributed by atoms with E-state index in [9.17, 15) is 4.79 Å². The predicted octanol–water partition coefficient (Wildman–Crippen LogP) is 1.69. The van der Waals surface area contributed by atoms with Crippen LogP contribution >= 0.6 is 11.6 Å². The maximum Gasteiger partial charge on any atom is 0.281 e. The van der Waals surface area contributed by atoms with Gasteiger partial charge in [-0.2, -0.15) is 0 Å². The van der Waals surface area contributed by atoms with Crippen LogP contribution in [-0.2, 0) is 6.42 Å². The molecular weight excluding hydrogens is 300 g/mol. The Morgan fingerprint density at radius 1 is 1.41 bits per heavy atom. The normalized spacial score (nSPS) is 19.8. The fourth-order valence-corrected chi connectivity index (χ4v) is 3.59. The number of rotatable bonds is 2. The topological polar surface area (TPSA) is 50.2 Å². The molecule has 1 aliphatic carbocycles. The predicted molar refractivity (Wildman–Crippen MR) is 88.3 cm³/mol. The Morgan fingerprint density at radius 3 is 2.95 bits per heavy atom. The largest absolute Gasteiger partial charge is 0.308 e. The van der Waals surface area contributed by atoms with Crippen molar-refractivity contribution in [1.82, 2.24) is 15.0 Å². The van der Waals surface area contributed by atoms with Crippen molar-refractivity contribution < 1.29 is 0 Å². The van der Waals surface area contributed by atoms with Gasteiger partial charge in [-0.05, 0) is 25.0 Å². The van der Waals surface area contributed by atoms with Gasteiger partial charge in [-0.3, -0.25) is 4.79 Å². The molecule has 2 aromatic rings. The smallest absolute Gasteiger partial charge is 0.281 e. The lowest BCUT2D eigenvalue weighted by molar-refractivity contribution is 0.376. The third-order valence-corrected chi connectivity index (χ3v) is 5.01. The number of halogens is 1. The lowest BCUT2D eigenvalue weighted by Gasteiger charge is -2.37. The molecule has 1 aromatic carbocycles. The molecule has 1 aliphatic heterocycles. The Bertz CT molecular complexity index is 797. The lowest BCUT2D eigenvalue weighted by Crippen LogP contribution is -2.59. The second-order valence-corrected chi connectivity index (χ2v) is 6.63. The summed E-state index contributed by atoms with van der Waals surface area (Å²) < 4.78 is 1.76. The van der Waals surface area contributed by atoms with Crippen molar-refractivity contribution in [3.05, 3.63) is 39.4 Å². The molecule has 1 aromatic heterocycles. The molecule has 0 bridgehead atoms. The van der Waals surface area contributed by atoms with Crippen LogP contribution in [0, 0.1) is 0 Å². The molecule has 4 rings (SSSR count). The summed E-state index contributed by atoms with van der Waals surface area (Å²) in [6.45, 7) is 4.60. The zero-order chi connectivity index (χ0) is 15.3. The molecule has 2 fully saturated rings. The maximum atomic E-state index is 13.0. The Hall–Kier alpha value is -1.59. The van der Waals surface area contributed by atoms with Crippen molar-refractivity contribution in [2.24, 2.45) is 0 Å². The Kier molecular flexibility index (Phi) is 3.16. The van der Waals surface area contributed by atoms with Crippen molar-refractivity contribution in [2.75, 3.05) is 24.6 Å². The van der Waals surface area contributed by atoms with Crippen LogP contribution < -0.4 is 15.9 Å². The van der Waals surface area contributed by atoms with Crippen LogP contribution in [0.3, 0.4) is 0 Å². The highest BCUT2D eigenvalue weighted by Crippen LogP contribution is 2.37. The molecule has 5 nitrogen and oxygen atoms in total. The van der Waals surface area contributed by atoms with Crippen molar-refractivity contribution in [2.45, 2.75) is 31.7 Å². The minimum absolute atomic E-state index is 0.0508. The average Bonchev–Trinajstić information content (AvgIpc) is 3.25. The molecule has 0 radical (unpaired) electrons. The number of fused-ring (bicyclic) bond motifs is 1. The number of nitrogens with one attached hydrogen (secondary N) is 1. The Morgan fingerprint density at radius 2 is 2.23 bits per heavy atom. The van der Waals surface area contributed by atoms with Gasteiger partial charge in [0.1, 0.15) is 5.82 Å². The minimum Gasteiger partial charge on any atom is -0.308 e. The first-order valence-corrected chi connectivity index (χ1v) is 8.22. The van der Waals surface area contributed by atoms with E-state index in [1.54, 1.807) is 10.7 Å². The number of piperazine rings is 1. The first-order chi connectivity index (χ1) is 10.6. The van der Waals surface area contributed by atoms with Crippen LogP contribution in [-0.4, -0.2) is 34.8 Å². The number of hydrogen-bond acceptors (Lipinski definition) is 4. The van der Waals surface area contributed by atoms with Crippen LogP contribution in [0.15, 0.2) is 23.0 Å². The number of nitrogens with zero attached hydrogens (tertiary/aromatic N) is 3. The van der Waals surface area contributed by atoms with Crippen LogP contribution in [0.4, 0.5) is 0 Å². The van der Waals surface area contributed by atoms with Gasteiger partial charge in [-0.25, -0.2) is 9.66 Å². The first-order valence-electron chi connectivity index (χ1n) is 7.84. The molecule has 1 saturated carbocycles. The molecule has 0 atom stereocenters. The van der Waals surface area contributed by atoms with Crippen molar-refractivity contribution >= 4 is 22.5 Å². The number of aromatic nitrogens is 2. The Balaban J connectivity index is 1.90. The molecular formula is C16H19ClN4O. The van der Waals surface area contributed by atoms with Gasteiger partial charge in [-0.1, -0.05) is 24.6 Å². The van der Waals surface area contributed by atoms with Crippen molar-refractivity contribution in [3.63, 3.8) is 0 Å². The molecule has 22 heavy (non-hydrogen) atoms. The summed E-state index contributed by atoms with van der Waals surface area (Å²) in [6.07, 6.45) is 3.08. The van der Waals surface area contributed by atoms with Gasteiger partial charge in [0.15, 0.2) is 0 Å². The number of hydrogen-bond donors (Lipinski definition) is 1. The highest BCUT2D eigenvalue weighted by molar-refractivity contribution is 6.35. The monoisotopic (exact) mass is 318 g/mol. The zero-order valence-electron chi connectivity index (χ0n) is 12.6. The summed E-state index contributed by atoms with van der Waals surface area (Å²) in [5.74, 6) is 0.803. The number of benzene rings is 1. The van der Waals surface area contributed by atoms with Crippen molar-refractivity contribution in [3.8, 4) is 0 Å². The van der Waals surface area contributed by atoms with Gasteiger partial charge in [0, 0.05) is 25.0 Å². The van der Waals surface area contributed by atoms with Gasteiger partial charge < -0.3 is 10.3 Å². The molecule has 6 heteroatoms. The first kappa shape index (κ1) is 14.0. The van der Waals surface area contributed by atoms with Crippen LogP contribution in [0.1, 0.15) is 25.6 Å². The summed E-state index contributed by atoms with van der Waals surface area (Å²) in [6, 6.07) is 5.44. The molecule has 116 valence electrons. The molecule has 2 heterocycles. The molecule has 1 N–H and O–H groups in total. The highest BCUT2D eigenvalue weighted by Gasteiger charge is 2.46. The second kappa shape index (κ2) is 4.96. The van der Waals surface area contributed by atoms with Crippen LogP contribution in [0.25, 0.3) is 10.9 Å². The highest BCUT2D eigenvalue weighted by atomic mass is 35.5. The minimum atomic E-state index is -0.0508. The van der Waals surface area contributed by atoms with Crippen molar-refractivity contribution in [1.29, 1.82) is 0 Å². The van der Waals surface area contributed by atoms with E-state index >= 15 is 0 Å². The van der Waals surface area contributed by atoms with Crippen LogP contribution in [0.5, 0.6) is 0 Å². The standard InChI is InChI=1S/C16H19ClN4O/c1-2-13-19-12-5-3-4-11(17)14(12)15(22)21(13)20-9-8-18-16(10-20)6-7-16/h3-5,18H,2,6-10H2,1H3. The van der Waals surface area contributed by atoms with E-state index in [0.29, 0.717) is 22.3 Å². The summed E-state index contributed by atoms with van der Waals surface area (Å²) in [4.78, 5) is 17.7. The van der Waals surface area contributed by atoms with Gasteiger partial charge >= 0.3 is 0 Å². The summed E-state index contributed by atoms with van der Waals surface area (Å²) in [5, 5.41) is 6.70. The molecule has 1 saturated heterocycles. The summed E-state index contributed by atoms with van der Waals surface area (Å²) in [7, 11) is 0. The maximum absolute atomic E-state index is 13.0.